The molecule has 1 N–H and O–H groups in total. The van der Waals surface area contributed by atoms with Crippen LogP contribution in [0.4, 0.5) is 11.6 Å². The first kappa shape index (κ1) is 13.5. The Labute approximate surface area is 129 Å². The molecule has 2 aromatic rings. The largest absolute Gasteiger partial charge is 0.378 e. The van der Waals surface area contributed by atoms with Crippen molar-refractivity contribution < 1.29 is 9.47 Å². The molecule has 4 rings (SSSR count). The summed E-state index contributed by atoms with van der Waals surface area (Å²) in [6, 6.07) is 8.17. The van der Waals surface area contributed by atoms with E-state index in [0.29, 0.717) is 6.61 Å². The van der Waals surface area contributed by atoms with Crippen LogP contribution in [0.2, 0.25) is 0 Å². The van der Waals surface area contributed by atoms with Gasteiger partial charge in [-0.1, -0.05) is 18.2 Å². The second kappa shape index (κ2) is 5.90. The first-order chi connectivity index (χ1) is 10.9. The highest BCUT2D eigenvalue weighted by molar-refractivity contribution is 5.53. The summed E-state index contributed by atoms with van der Waals surface area (Å²) in [5.41, 5.74) is 3.21. The van der Waals surface area contributed by atoms with Crippen LogP contribution in [0.3, 0.4) is 0 Å². The Morgan fingerprint density at radius 3 is 2.68 bits per heavy atom. The first-order valence-electron chi connectivity index (χ1n) is 7.51. The van der Waals surface area contributed by atoms with E-state index in [0.717, 1.165) is 43.5 Å². The number of para-hydroxylation sites is 1. The molecule has 0 radical (unpaired) electrons. The number of anilines is 2. The highest BCUT2D eigenvalue weighted by Crippen LogP contribution is 2.29. The fourth-order valence-electron chi connectivity index (χ4n) is 2.72. The van der Waals surface area contributed by atoms with Gasteiger partial charge in [-0.2, -0.15) is 0 Å². The number of fused-ring (bicyclic) bond motifs is 1. The van der Waals surface area contributed by atoms with Crippen molar-refractivity contribution in [2.75, 3.05) is 36.5 Å². The lowest BCUT2D eigenvalue weighted by Crippen LogP contribution is -2.37. The van der Waals surface area contributed by atoms with Crippen LogP contribution in [0.1, 0.15) is 17.4 Å². The minimum absolute atomic E-state index is 0.200. The molecule has 1 aromatic carbocycles. The SMILES string of the molecule is c1ccc2c(c1)COC(c1cnc(N3CCOCC3)nc1)N2. The third kappa shape index (κ3) is 2.63. The maximum absolute atomic E-state index is 5.85. The van der Waals surface area contributed by atoms with Gasteiger partial charge >= 0.3 is 0 Å². The normalized spacial score (nSPS) is 21.1. The topological polar surface area (TPSA) is 59.5 Å². The van der Waals surface area contributed by atoms with Gasteiger partial charge < -0.3 is 19.7 Å². The molecule has 22 heavy (non-hydrogen) atoms. The summed E-state index contributed by atoms with van der Waals surface area (Å²) in [6.07, 6.45) is 3.47. The number of hydrogen-bond donors (Lipinski definition) is 1. The Kier molecular flexibility index (Phi) is 3.62. The Balaban J connectivity index is 1.49. The Bertz CT molecular complexity index is 641. The van der Waals surface area contributed by atoms with Gasteiger partial charge in [-0.25, -0.2) is 9.97 Å². The molecule has 0 aliphatic carbocycles. The predicted octanol–water partition coefficient (Wildman–Crippen LogP) is 1.95. The van der Waals surface area contributed by atoms with Gasteiger partial charge in [0.1, 0.15) is 0 Å². The molecule has 0 amide bonds. The molecule has 1 atom stereocenters. The Hall–Kier alpha value is -2.18. The third-order valence-electron chi connectivity index (χ3n) is 3.96. The van der Waals surface area contributed by atoms with Crippen molar-refractivity contribution in [2.45, 2.75) is 12.8 Å². The van der Waals surface area contributed by atoms with Crippen molar-refractivity contribution >= 4 is 11.6 Å². The number of rotatable bonds is 2. The molecule has 2 aliphatic heterocycles. The highest BCUT2D eigenvalue weighted by atomic mass is 16.5. The molecule has 1 unspecified atom stereocenters. The summed E-state index contributed by atoms with van der Waals surface area (Å²) in [5.74, 6) is 0.753. The number of nitrogens with zero attached hydrogens (tertiary/aromatic N) is 3. The van der Waals surface area contributed by atoms with Gasteiger partial charge in [-0.05, 0) is 6.07 Å². The van der Waals surface area contributed by atoms with Gasteiger partial charge in [-0.15, -0.1) is 0 Å². The van der Waals surface area contributed by atoms with Gasteiger partial charge in [0, 0.05) is 42.3 Å². The van der Waals surface area contributed by atoms with E-state index in [9.17, 15) is 0 Å². The highest BCUT2D eigenvalue weighted by Gasteiger charge is 2.21. The lowest BCUT2D eigenvalue weighted by molar-refractivity contribution is 0.0502. The van der Waals surface area contributed by atoms with E-state index in [4.69, 9.17) is 9.47 Å². The van der Waals surface area contributed by atoms with Crippen molar-refractivity contribution in [2.24, 2.45) is 0 Å². The summed E-state index contributed by atoms with van der Waals surface area (Å²) in [6.45, 7) is 3.74. The zero-order valence-electron chi connectivity index (χ0n) is 12.2. The molecule has 114 valence electrons. The van der Waals surface area contributed by atoms with Crippen LogP contribution >= 0.6 is 0 Å². The predicted molar refractivity (Wildman–Crippen MR) is 82.7 cm³/mol. The van der Waals surface area contributed by atoms with Gasteiger partial charge in [-0.3, -0.25) is 0 Å². The monoisotopic (exact) mass is 298 g/mol. The van der Waals surface area contributed by atoms with Gasteiger partial charge in [0.05, 0.1) is 19.8 Å². The zero-order chi connectivity index (χ0) is 14.8. The standard InChI is InChI=1S/C16H18N4O2/c1-2-4-14-12(3-1)11-22-15(19-14)13-9-17-16(18-10-13)20-5-7-21-8-6-20/h1-4,9-10,15,19H,5-8,11H2. The maximum atomic E-state index is 5.85. The fraction of sp³-hybridized carbons (Fsp3) is 0.375. The Morgan fingerprint density at radius 1 is 1.09 bits per heavy atom. The van der Waals surface area contributed by atoms with Crippen LogP contribution in [0, 0.1) is 0 Å². The van der Waals surface area contributed by atoms with E-state index >= 15 is 0 Å². The van der Waals surface area contributed by atoms with E-state index in [1.54, 1.807) is 0 Å². The lowest BCUT2D eigenvalue weighted by atomic mass is 10.1. The summed E-state index contributed by atoms with van der Waals surface area (Å²) in [5, 5.41) is 3.38. The number of nitrogens with one attached hydrogen (secondary N) is 1. The molecule has 0 spiro atoms. The summed E-state index contributed by atoms with van der Waals surface area (Å²) < 4.78 is 11.2. The first-order valence-corrected chi connectivity index (χ1v) is 7.51. The van der Waals surface area contributed by atoms with Crippen molar-refractivity contribution in [3.05, 3.63) is 47.8 Å². The number of benzene rings is 1. The molecule has 6 nitrogen and oxygen atoms in total. The van der Waals surface area contributed by atoms with E-state index < -0.39 is 0 Å². The molecule has 3 heterocycles. The maximum Gasteiger partial charge on any atom is 0.225 e. The molecule has 1 saturated heterocycles. The average molecular weight is 298 g/mol. The summed E-state index contributed by atoms with van der Waals surface area (Å²) in [4.78, 5) is 11.1. The fourth-order valence-corrected chi connectivity index (χ4v) is 2.72. The van der Waals surface area contributed by atoms with Crippen molar-refractivity contribution in [3.8, 4) is 0 Å². The van der Waals surface area contributed by atoms with Crippen molar-refractivity contribution in [3.63, 3.8) is 0 Å². The summed E-state index contributed by atoms with van der Waals surface area (Å²) >= 11 is 0. The van der Waals surface area contributed by atoms with E-state index in [-0.39, 0.29) is 6.23 Å². The van der Waals surface area contributed by atoms with Crippen molar-refractivity contribution in [1.82, 2.24) is 9.97 Å². The summed E-state index contributed by atoms with van der Waals surface area (Å²) in [7, 11) is 0. The Morgan fingerprint density at radius 2 is 1.86 bits per heavy atom. The zero-order valence-corrected chi connectivity index (χ0v) is 12.2. The second-order valence-corrected chi connectivity index (χ2v) is 5.41. The van der Waals surface area contributed by atoms with E-state index in [1.165, 1.54) is 5.56 Å². The van der Waals surface area contributed by atoms with Gasteiger partial charge in [0.2, 0.25) is 5.95 Å². The number of ether oxygens (including phenoxy) is 2. The van der Waals surface area contributed by atoms with Crippen LogP contribution in [-0.2, 0) is 16.1 Å². The third-order valence-corrected chi connectivity index (χ3v) is 3.96. The van der Waals surface area contributed by atoms with Crippen molar-refractivity contribution in [1.29, 1.82) is 0 Å². The minimum Gasteiger partial charge on any atom is -0.378 e. The van der Waals surface area contributed by atoms with Crippen LogP contribution < -0.4 is 10.2 Å². The number of aromatic nitrogens is 2. The van der Waals surface area contributed by atoms with E-state index in [1.807, 2.05) is 24.5 Å². The molecule has 1 fully saturated rings. The number of hydrogen-bond acceptors (Lipinski definition) is 6. The van der Waals surface area contributed by atoms with Gasteiger partial charge in [0.15, 0.2) is 6.23 Å². The smallest absolute Gasteiger partial charge is 0.225 e. The lowest BCUT2D eigenvalue weighted by Gasteiger charge is -2.29. The average Bonchev–Trinajstić information content (AvgIpc) is 2.62. The van der Waals surface area contributed by atoms with Crippen LogP contribution in [0.5, 0.6) is 0 Å². The molecular formula is C16H18N4O2. The van der Waals surface area contributed by atoms with Crippen LogP contribution in [0.15, 0.2) is 36.7 Å². The van der Waals surface area contributed by atoms with Gasteiger partial charge in [0.25, 0.3) is 0 Å². The molecule has 2 aliphatic rings. The quantitative estimate of drug-likeness (QED) is 0.914. The minimum atomic E-state index is -0.200. The number of morpholine rings is 1. The second-order valence-electron chi connectivity index (χ2n) is 5.41. The molecule has 0 bridgehead atoms. The van der Waals surface area contributed by atoms with Crippen LogP contribution in [-0.4, -0.2) is 36.3 Å². The van der Waals surface area contributed by atoms with Crippen LogP contribution in [0.25, 0.3) is 0 Å². The van der Waals surface area contributed by atoms with E-state index in [2.05, 4.69) is 32.3 Å². The molecule has 1 aromatic heterocycles. The molecule has 6 heteroatoms. The molecule has 0 saturated carbocycles. The molecular weight excluding hydrogens is 280 g/mol.